The number of benzene rings is 1. The molecular weight excluding hydrogens is 531 g/mol. The van der Waals surface area contributed by atoms with E-state index in [4.69, 9.17) is 11.6 Å². The minimum absolute atomic E-state index is 0.0451. The Bertz CT molecular complexity index is 664. The molecule has 0 heterocycles. The maximum absolute atomic E-state index is 13.5. The van der Waals surface area contributed by atoms with E-state index in [9.17, 15) is 44.3 Å². The summed E-state index contributed by atoms with van der Waals surface area (Å²) >= 11 is 6.74. The fourth-order valence-electron chi connectivity index (χ4n) is 1.79. The molecule has 2 nitrogen and oxygen atoms in total. The third-order valence-corrected chi connectivity index (χ3v) is 4.41. The van der Waals surface area contributed by atoms with Crippen molar-refractivity contribution in [2.24, 2.45) is 0 Å². The van der Waals surface area contributed by atoms with Crippen LogP contribution in [0.2, 0.25) is 5.02 Å². The summed E-state index contributed by atoms with van der Waals surface area (Å²) in [5.41, 5.74) is 0.0451. The number of rotatable bonds is 7. The number of hydrogen-bond donors (Lipinski definition) is 1. The summed E-state index contributed by atoms with van der Waals surface area (Å²) in [6.45, 7) is -0.675. The zero-order valence-electron chi connectivity index (χ0n) is 12.9. The molecule has 0 aliphatic rings. The van der Waals surface area contributed by atoms with Crippen LogP contribution in [-0.2, 0) is 0 Å². The maximum Gasteiger partial charge on any atom is 0.460 e. The first kappa shape index (κ1) is 24.1. The SMILES string of the molecule is O=C(NCC(I)CC(F)(F)C(F)(F)C(F)(F)C(F)(F)F)c1ccc(Cl)cc1. The largest absolute Gasteiger partial charge is 0.460 e. The molecule has 13 heteroatoms. The predicted molar refractivity (Wildman–Crippen MR) is 87.1 cm³/mol. The molecule has 0 aliphatic carbocycles. The monoisotopic (exact) mass is 541 g/mol. The fraction of sp³-hybridized carbons (Fsp3) is 0.500. The summed E-state index contributed by atoms with van der Waals surface area (Å²) in [5.74, 6) is -20.1. The van der Waals surface area contributed by atoms with E-state index in [2.05, 4.69) is 5.32 Å². The number of alkyl halides is 10. The van der Waals surface area contributed by atoms with Gasteiger partial charge < -0.3 is 5.32 Å². The molecule has 0 aromatic heterocycles. The molecule has 1 aromatic carbocycles. The minimum atomic E-state index is -6.92. The lowest BCUT2D eigenvalue weighted by Crippen LogP contribution is -2.61. The molecule has 1 aromatic rings. The Morgan fingerprint density at radius 1 is 0.963 bits per heavy atom. The summed E-state index contributed by atoms with van der Waals surface area (Å²) in [6, 6.07) is 5.22. The lowest BCUT2D eigenvalue weighted by molar-refractivity contribution is -0.396. The zero-order valence-corrected chi connectivity index (χ0v) is 15.8. The summed E-state index contributed by atoms with van der Waals surface area (Å²) in [5, 5.41) is 2.38. The number of carbonyl (C=O) groups excluding carboxylic acids is 1. The van der Waals surface area contributed by atoms with Crippen LogP contribution >= 0.6 is 34.2 Å². The van der Waals surface area contributed by atoms with Crippen LogP contribution in [0.4, 0.5) is 39.5 Å². The van der Waals surface area contributed by atoms with Gasteiger partial charge in [-0.2, -0.15) is 39.5 Å². The van der Waals surface area contributed by atoms with E-state index in [1.165, 1.54) is 24.3 Å². The number of halogens is 11. The third kappa shape index (κ3) is 5.33. The minimum Gasteiger partial charge on any atom is -0.351 e. The lowest BCUT2D eigenvalue weighted by Gasteiger charge is -2.34. The van der Waals surface area contributed by atoms with Crippen molar-refractivity contribution < 1.29 is 44.3 Å². The number of nitrogens with one attached hydrogen (secondary N) is 1. The molecule has 0 bridgehead atoms. The highest BCUT2D eigenvalue weighted by molar-refractivity contribution is 14.1. The van der Waals surface area contributed by atoms with E-state index >= 15 is 0 Å². The molecule has 0 spiro atoms. The van der Waals surface area contributed by atoms with Crippen LogP contribution < -0.4 is 5.32 Å². The third-order valence-electron chi connectivity index (χ3n) is 3.28. The van der Waals surface area contributed by atoms with Gasteiger partial charge in [0.2, 0.25) is 0 Å². The fourth-order valence-corrected chi connectivity index (χ4v) is 2.69. The molecule has 1 N–H and O–H groups in total. The zero-order chi connectivity index (χ0) is 21.3. The molecule has 0 saturated carbocycles. The molecule has 1 atom stereocenters. The van der Waals surface area contributed by atoms with Crippen LogP contribution in [0.15, 0.2) is 24.3 Å². The van der Waals surface area contributed by atoms with E-state index in [0.717, 1.165) is 22.6 Å². The summed E-state index contributed by atoms with van der Waals surface area (Å²) in [4.78, 5) is 11.8. The van der Waals surface area contributed by atoms with Crippen LogP contribution in [0.5, 0.6) is 0 Å². The van der Waals surface area contributed by atoms with Crippen LogP contribution in [0.3, 0.4) is 0 Å². The Hall–Kier alpha value is -0.920. The summed E-state index contributed by atoms with van der Waals surface area (Å²) in [7, 11) is 0. The molecule has 27 heavy (non-hydrogen) atoms. The van der Waals surface area contributed by atoms with Crippen molar-refractivity contribution in [2.75, 3.05) is 6.54 Å². The van der Waals surface area contributed by atoms with Gasteiger partial charge in [-0.15, -0.1) is 0 Å². The van der Waals surface area contributed by atoms with E-state index in [-0.39, 0.29) is 5.56 Å². The molecular formula is C14H10ClF9INO. The maximum atomic E-state index is 13.5. The Kier molecular flexibility index (Phi) is 7.34. The summed E-state index contributed by atoms with van der Waals surface area (Å²) in [6.07, 6.45) is -8.88. The smallest absolute Gasteiger partial charge is 0.351 e. The van der Waals surface area contributed by atoms with Crippen molar-refractivity contribution in [1.82, 2.24) is 5.32 Å². The topological polar surface area (TPSA) is 29.1 Å². The average Bonchev–Trinajstić information content (AvgIpc) is 2.51. The van der Waals surface area contributed by atoms with Gasteiger partial charge in [-0.1, -0.05) is 34.2 Å². The van der Waals surface area contributed by atoms with E-state index in [0.29, 0.717) is 5.02 Å². The first-order chi connectivity index (χ1) is 12.0. The quantitative estimate of drug-likeness (QED) is 0.267. The molecule has 1 amide bonds. The second-order valence-electron chi connectivity index (χ2n) is 5.37. The first-order valence-electron chi connectivity index (χ1n) is 6.91. The van der Waals surface area contributed by atoms with E-state index < -0.39 is 46.7 Å². The predicted octanol–water partition coefficient (Wildman–Crippen LogP) is 5.73. The van der Waals surface area contributed by atoms with Crippen molar-refractivity contribution >= 4 is 40.1 Å². The normalized spacial score (nSPS) is 14.8. The average molecular weight is 542 g/mol. The van der Waals surface area contributed by atoms with Crippen molar-refractivity contribution in [3.05, 3.63) is 34.9 Å². The van der Waals surface area contributed by atoms with Crippen LogP contribution in [0, 0.1) is 0 Å². The molecule has 0 aliphatic heterocycles. The van der Waals surface area contributed by atoms with Gasteiger partial charge in [0.05, 0.1) is 0 Å². The molecule has 0 radical (unpaired) electrons. The second-order valence-corrected chi connectivity index (χ2v) is 7.57. The van der Waals surface area contributed by atoms with Gasteiger partial charge in [0, 0.05) is 27.5 Å². The van der Waals surface area contributed by atoms with Crippen LogP contribution in [0.1, 0.15) is 16.8 Å². The van der Waals surface area contributed by atoms with Gasteiger partial charge >= 0.3 is 23.9 Å². The van der Waals surface area contributed by atoms with Gasteiger partial charge in [-0.25, -0.2) is 0 Å². The highest BCUT2D eigenvalue weighted by Crippen LogP contribution is 2.54. The Balaban J connectivity index is 2.78. The Morgan fingerprint density at radius 3 is 1.89 bits per heavy atom. The lowest BCUT2D eigenvalue weighted by atomic mass is 9.99. The summed E-state index contributed by atoms with van der Waals surface area (Å²) < 4.78 is 114. The van der Waals surface area contributed by atoms with E-state index in [1.807, 2.05) is 0 Å². The molecule has 154 valence electrons. The van der Waals surface area contributed by atoms with Crippen molar-refractivity contribution in [2.45, 2.75) is 34.3 Å². The van der Waals surface area contributed by atoms with Crippen LogP contribution in [-0.4, -0.2) is 40.3 Å². The molecule has 0 saturated heterocycles. The van der Waals surface area contributed by atoms with Gasteiger partial charge in [-0.05, 0) is 24.3 Å². The highest BCUT2D eigenvalue weighted by Gasteiger charge is 2.81. The van der Waals surface area contributed by atoms with Crippen LogP contribution in [0.25, 0.3) is 0 Å². The Morgan fingerprint density at radius 2 is 1.44 bits per heavy atom. The molecule has 0 fully saturated rings. The number of amides is 1. The molecule has 1 unspecified atom stereocenters. The Labute approximate surface area is 165 Å². The van der Waals surface area contributed by atoms with Gasteiger partial charge in [-0.3, -0.25) is 4.79 Å². The van der Waals surface area contributed by atoms with Crippen molar-refractivity contribution in [1.29, 1.82) is 0 Å². The van der Waals surface area contributed by atoms with Crippen molar-refractivity contribution in [3.8, 4) is 0 Å². The van der Waals surface area contributed by atoms with Gasteiger partial charge in [0.1, 0.15) is 0 Å². The number of carbonyl (C=O) groups is 1. The first-order valence-corrected chi connectivity index (χ1v) is 8.53. The second kappa shape index (κ2) is 8.21. The molecule has 1 rings (SSSR count). The van der Waals surface area contributed by atoms with Crippen molar-refractivity contribution in [3.63, 3.8) is 0 Å². The standard InChI is InChI=1S/C14H10ClF9INO/c15-8-3-1-7(2-4-8)10(27)26-6-9(25)5-11(16,17)12(18,19)13(20,21)14(22,23)24/h1-4,9H,5-6H2,(H,26,27). The van der Waals surface area contributed by atoms with E-state index in [1.54, 1.807) is 0 Å². The number of hydrogen-bond acceptors (Lipinski definition) is 1. The van der Waals surface area contributed by atoms with Gasteiger partial charge in [0.25, 0.3) is 5.91 Å². The highest BCUT2D eigenvalue weighted by atomic mass is 127. The van der Waals surface area contributed by atoms with Gasteiger partial charge in [0.15, 0.2) is 0 Å².